The number of rotatable bonds is 4. The molecule has 0 aromatic heterocycles. The van der Waals surface area contributed by atoms with E-state index in [1.165, 1.54) is 0 Å². The van der Waals surface area contributed by atoms with Crippen molar-refractivity contribution >= 4 is 11.8 Å². The van der Waals surface area contributed by atoms with E-state index in [4.69, 9.17) is 0 Å². The van der Waals surface area contributed by atoms with Crippen molar-refractivity contribution in [2.24, 2.45) is 5.92 Å². The van der Waals surface area contributed by atoms with Crippen LogP contribution in [0.25, 0.3) is 0 Å². The van der Waals surface area contributed by atoms with Crippen molar-refractivity contribution in [2.45, 2.75) is 51.5 Å². The summed E-state index contributed by atoms with van der Waals surface area (Å²) in [6, 6.07) is 8.40. The molecule has 2 atom stereocenters. The van der Waals surface area contributed by atoms with Gasteiger partial charge in [0, 0.05) is 25.6 Å². The Balaban J connectivity index is 1.94. The van der Waals surface area contributed by atoms with Crippen molar-refractivity contribution in [1.29, 1.82) is 0 Å². The van der Waals surface area contributed by atoms with E-state index >= 15 is 0 Å². The molecule has 2 heterocycles. The second kappa shape index (κ2) is 5.99. The van der Waals surface area contributed by atoms with Crippen molar-refractivity contribution in [3.63, 3.8) is 0 Å². The molecule has 2 aliphatic rings. The average molecular weight is 314 g/mol. The number of nitrogens with zero attached hydrogens (tertiary/aromatic N) is 1. The maximum absolute atomic E-state index is 13.1. The standard InChI is InChI=1S/C19H26N2O2/c1-13(2)11-20-18(23)19(15-6-4-5-14(3)9-15)10-16-7-8-17(22)21(16)12-19/h4-6,9,13,16H,7-8,10-12H2,1-3H3,(H,20,23). The van der Waals surface area contributed by atoms with Gasteiger partial charge in [0.05, 0.1) is 5.41 Å². The fourth-order valence-corrected chi connectivity index (χ4v) is 3.89. The Hall–Kier alpha value is -1.84. The first kappa shape index (κ1) is 16.0. The molecule has 0 saturated carbocycles. The van der Waals surface area contributed by atoms with Crippen LogP contribution >= 0.6 is 0 Å². The SMILES string of the molecule is Cc1cccc(C2(C(=O)NCC(C)C)CC3CCC(=O)N3C2)c1. The van der Waals surface area contributed by atoms with E-state index in [1.807, 2.05) is 30.0 Å². The van der Waals surface area contributed by atoms with Crippen LogP contribution in [0.2, 0.25) is 0 Å². The zero-order chi connectivity index (χ0) is 16.6. The highest BCUT2D eigenvalue weighted by Crippen LogP contribution is 2.43. The van der Waals surface area contributed by atoms with E-state index in [-0.39, 0.29) is 17.9 Å². The fraction of sp³-hybridized carbons (Fsp3) is 0.579. The third-order valence-corrected chi connectivity index (χ3v) is 5.15. The molecule has 124 valence electrons. The zero-order valence-electron chi connectivity index (χ0n) is 14.3. The molecule has 2 fully saturated rings. The van der Waals surface area contributed by atoms with E-state index in [1.54, 1.807) is 0 Å². The number of carbonyl (C=O) groups excluding carboxylic acids is 2. The van der Waals surface area contributed by atoms with Gasteiger partial charge in [0.2, 0.25) is 11.8 Å². The van der Waals surface area contributed by atoms with Gasteiger partial charge in [-0.15, -0.1) is 0 Å². The van der Waals surface area contributed by atoms with Gasteiger partial charge < -0.3 is 10.2 Å². The van der Waals surface area contributed by atoms with E-state index in [0.717, 1.165) is 24.0 Å². The normalized spacial score (nSPS) is 26.7. The maximum Gasteiger partial charge on any atom is 0.232 e. The van der Waals surface area contributed by atoms with E-state index < -0.39 is 5.41 Å². The van der Waals surface area contributed by atoms with Crippen LogP contribution in [0.1, 0.15) is 44.2 Å². The van der Waals surface area contributed by atoms with E-state index in [2.05, 4.69) is 25.2 Å². The Kier molecular flexibility index (Phi) is 4.17. The maximum atomic E-state index is 13.1. The highest BCUT2D eigenvalue weighted by Gasteiger charge is 2.53. The molecule has 4 nitrogen and oxygen atoms in total. The average Bonchev–Trinajstić information content (AvgIpc) is 3.05. The van der Waals surface area contributed by atoms with Gasteiger partial charge in [0.15, 0.2) is 0 Å². The Morgan fingerprint density at radius 2 is 2.22 bits per heavy atom. The molecular weight excluding hydrogens is 288 g/mol. The Morgan fingerprint density at radius 1 is 1.43 bits per heavy atom. The number of hydrogen-bond donors (Lipinski definition) is 1. The lowest BCUT2D eigenvalue weighted by molar-refractivity contribution is -0.129. The molecule has 0 bridgehead atoms. The van der Waals surface area contributed by atoms with Crippen LogP contribution in [0.15, 0.2) is 24.3 Å². The van der Waals surface area contributed by atoms with Crippen LogP contribution in [0.4, 0.5) is 0 Å². The summed E-state index contributed by atoms with van der Waals surface area (Å²) in [4.78, 5) is 27.1. The minimum Gasteiger partial charge on any atom is -0.355 e. The summed E-state index contributed by atoms with van der Waals surface area (Å²) < 4.78 is 0. The third kappa shape index (κ3) is 2.87. The molecule has 2 aliphatic heterocycles. The minimum absolute atomic E-state index is 0.0685. The first-order valence-corrected chi connectivity index (χ1v) is 8.57. The number of fused-ring (bicyclic) bond motifs is 1. The lowest BCUT2D eigenvalue weighted by Gasteiger charge is -2.29. The molecule has 23 heavy (non-hydrogen) atoms. The number of aryl methyl sites for hydroxylation is 1. The highest BCUT2D eigenvalue weighted by atomic mass is 16.2. The molecule has 2 amide bonds. The molecular formula is C19H26N2O2. The molecule has 2 saturated heterocycles. The number of hydrogen-bond acceptors (Lipinski definition) is 2. The fourth-order valence-electron chi connectivity index (χ4n) is 3.89. The van der Waals surface area contributed by atoms with Gasteiger partial charge in [0.25, 0.3) is 0 Å². The lowest BCUT2D eigenvalue weighted by Crippen LogP contribution is -2.48. The third-order valence-electron chi connectivity index (χ3n) is 5.15. The molecule has 0 aliphatic carbocycles. The molecule has 2 unspecified atom stereocenters. The summed E-state index contributed by atoms with van der Waals surface area (Å²) in [7, 11) is 0. The topological polar surface area (TPSA) is 49.4 Å². The second-order valence-corrected chi connectivity index (χ2v) is 7.47. The van der Waals surface area contributed by atoms with E-state index in [0.29, 0.717) is 25.4 Å². The van der Waals surface area contributed by atoms with Gasteiger partial charge in [-0.2, -0.15) is 0 Å². The van der Waals surface area contributed by atoms with Crippen LogP contribution in [0, 0.1) is 12.8 Å². The quantitative estimate of drug-likeness (QED) is 0.928. The molecule has 0 radical (unpaired) electrons. The van der Waals surface area contributed by atoms with Gasteiger partial charge in [-0.1, -0.05) is 43.7 Å². The molecule has 4 heteroatoms. The van der Waals surface area contributed by atoms with E-state index in [9.17, 15) is 9.59 Å². The smallest absolute Gasteiger partial charge is 0.232 e. The van der Waals surface area contributed by atoms with Gasteiger partial charge in [-0.05, 0) is 31.2 Å². The van der Waals surface area contributed by atoms with Crippen molar-refractivity contribution in [3.8, 4) is 0 Å². The zero-order valence-corrected chi connectivity index (χ0v) is 14.3. The number of amides is 2. The molecule has 1 aromatic rings. The van der Waals surface area contributed by atoms with Gasteiger partial charge in [-0.3, -0.25) is 9.59 Å². The largest absolute Gasteiger partial charge is 0.355 e. The van der Waals surface area contributed by atoms with Crippen molar-refractivity contribution in [3.05, 3.63) is 35.4 Å². The van der Waals surface area contributed by atoms with Gasteiger partial charge in [0.1, 0.15) is 0 Å². The summed E-state index contributed by atoms with van der Waals surface area (Å²) in [6.45, 7) is 7.42. The summed E-state index contributed by atoms with van der Waals surface area (Å²) in [5.41, 5.74) is 1.60. The van der Waals surface area contributed by atoms with Crippen molar-refractivity contribution in [1.82, 2.24) is 10.2 Å². The van der Waals surface area contributed by atoms with Crippen molar-refractivity contribution in [2.75, 3.05) is 13.1 Å². The molecule has 1 aromatic carbocycles. The van der Waals surface area contributed by atoms with Crippen LogP contribution in [0.3, 0.4) is 0 Å². The predicted octanol–water partition coefficient (Wildman–Crippen LogP) is 2.40. The monoisotopic (exact) mass is 314 g/mol. The predicted molar refractivity (Wildman–Crippen MR) is 90.1 cm³/mol. The Bertz CT molecular complexity index is 626. The Labute approximate surface area is 138 Å². The molecule has 3 rings (SSSR count). The minimum atomic E-state index is -0.596. The van der Waals surface area contributed by atoms with Gasteiger partial charge >= 0.3 is 0 Å². The number of benzene rings is 1. The second-order valence-electron chi connectivity index (χ2n) is 7.47. The van der Waals surface area contributed by atoms with Gasteiger partial charge in [-0.25, -0.2) is 0 Å². The van der Waals surface area contributed by atoms with Crippen molar-refractivity contribution < 1.29 is 9.59 Å². The number of nitrogens with one attached hydrogen (secondary N) is 1. The molecule has 0 spiro atoms. The lowest BCUT2D eigenvalue weighted by atomic mass is 9.76. The Morgan fingerprint density at radius 3 is 2.87 bits per heavy atom. The summed E-state index contributed by atoms with van der Waals surface area (Å²) >= 11 is 0. The first-order chi connectivity index (χ1) is 10.9. The summed E-state index contributed by atoms with van der Waals surface area (Å²) in [5.74, 6) is 0.677. The highest BCUT2D eigenvalue weighted by molar-refractivity contribution is 5.91. The first-order valence-electron chi connectivity index (χ1n) is 8.57. The van der Waals surface area contributed by atoms with Crippen LogP contribution < -0.4 is 5.32 Å². The van der Waals surface area contributed by atoms with Crippen LogP contribution in [-0.4, -0.2) is 35.8 Å². The summed E-state index contributed by atoms with van der Waals surface area (Å²) in [6.07, 6.45) is 2.25. The summed E-state index contributed by atoms with van der Waals surface area (Å²) in [5, 5.41) is 3.11. The van der Waals surface area contributed by atoms with Crippen LogP contribution in [0.5, 0.6) is 0 Å². The van der Waals surface area contributed by atoms with Crippen LogP contribution in [-0.2, 0) is 15.0 Å². The molecule has 1 N–H and O–H groups in total. The number of carbonyl (C=O) groups is 2.